The van der Waals surface area contributed by atoms with Crippen molar-refractivity contribution in [3.8, 4) is 0 Å². The maximum atomic E-state index is 14.1. The predicted molar refractivity (Wildman–Crippen MR) is 89.9 cm³/mol. The van der Waals surface area contributed by atoms with Crippen LogP contribution in [-0.2, 0) is 18.9 Å². The Balaban J connectivity index is 2.24. The van der Waals surface area contributed by atoms with E-state index in [2.05, 4.69) is 0 Å². The third-order valence-electron chi connectivity index (χ3n) is 5.44. The van der Waals surface area contributed by atoms with E-state index in [9.17, 15) is 70.2 Å². The molecule has 2 rings (SSSR count). The lowest BCUT2D eigenvalue weighted by Crippen LogP contribution is -2.73. The normalized spacial score (nSPS) is 22.7. The number of halogens is 16. The van der Waals surface area contributed by atoms with Crippen molar-refractivity contribution >= 4 is 0 Å². The van der Waals surface area contributed by atoms with Crippen LogP contribution < -0.4 is 0 Å². The zero-order valence-corrected chi connectivity index (χ0v) is 18.4. The minimum atomic E-state index is -8.40. The molecule has 2 heterocycles. The van der Waals surface area contributed by atoms with Crippen LogP contribution in [0.5, 0.6) is 0 Å². The Hall–Kier alpha value is -1.28. The maximum absolute atomic E-state index is 14.1. The molecular formula is C18H18F16O4. The third-order valence-corrected chi connectivity index (χ3v) is 5.44. The molecule has 38 heavy (non-hydrogen) atoms. The highest BCUT2D eigenvalue weighted by atomic mass is 19.4. The summed E-state index contributed by atoms with van der Waals surface area (Å²) in [6.07, 6.45) is -12.3. The molecule has 2 aliphatic heterocycles. The Bertz CT molecular complexity index is 797. The van der Waals surface area contributed by atoms with Crippen LogP contribution in [0, 0.1) is 0 Å². The summed E-state index contributed by atoms with van der Waals surface area (Å²) in [4.78, 5) is 0. The first kappa shape index (κ1) is 32.9. The van der Waals surface area contributed by atoms with Crippen LogP contribution in [-0.4, -0.2) is 99.2 Å². The first-order chi connectivity index (χ1) is 17.0. The molecule has 0 aromatic heterocycles. The van der Waals surface area contributed by atoms with Crippen molar-refractivity contribution in [3.05, 3.63) is 0 Å². The van der Waals surface area contributed by atoms with Gasteiger partial charge in [0.25, 0.3) is 0 Å². The zero-order chi connectivity index (χ0) is 29.6. The molecule has 2 aliphatic rings. The van der Waals surface area contributed by atoms with Gasteiger partial charge >= 0.3 is 47.9 Å². The average molecular weight is 602 g/mol. The second-order valence-electron chi connectivity index (χ2n) is 8.44. The smallest absolute Gasteiger partial charge is 0.376 e. The third kappa shape index (κ3) is 5.91. The lowest BCUT2D eigenvalue weighted by molar-refractivity contribution is -0.447. The minimum Gasteiger partial charge on any atom is -0.376 e. The van der Waals surface area contributed by atoms with Gasteiger partial charge in [-0.3, -0.25) is 0 Å². The SMILES string of the molecule is FC(F)C(F)(F)C(F)(F)C(F)(F)C(F)(F)C(F)(F)C(F)(F)C(F)(F)CCC(COCC1CO1)OCC1CO1. The molecule has 0 amide bonds. The van der Waals surface area contributed by atoms with Gasteiger partial charge in [-0.2, -0.15) is 61.5 Å². The molecule has 0 N–H and O–H groups in total. The van der Waals surface area contributed by atoms with Gasteiger partial charge in [0, 0.05) is 6.42 Å². The molecule has 3 unspecified atom stereocenters. The predicted octanol–water partition coefficient (Wildman–Crippen LogP) is 5.68. The van der Waals surface area contributed by atoms with Crippen molar-refractivity contribution in [1.82, 2.24) is 0 Å². The van der Waals surface area contributed by atoms with E-state index in [0.29, 0.717) is 0 Å². The molecule has 0 aromatic carbocycles. The molecule has 0 radical (unpaired) electrons. The highest BCUT2D eigenvalue weighted by Crippen LogP contribution is 2.63. The summed E-state index contributed by atoms with van der Waals surface area (Å²) in [5.41, 5.74) is 0. The van der Waals surface area contributed by atoms with Gasteiger partial charge in [0.05, 0.1) is 39.1 Å². The van der Waals surface area contributed by atoms with Crippen molar-refractivity contribution in [2.75, 3.05) is 33.0 Å². The molecule has 2 saturated heterocycles. The van der Waals surface area contributed by atoms with E-state index in [1.807, 2.05) is 0 Å². The summed E-state index contributed by atoms with van der Waals surface area (Å²) in [5, 5.41) is 0. The van der Waals surface area contributed by atoms with Crippen molar-refractivity contribution in [2.24, 2.45) is 0 Å². The lowest BCUT2D eigenvalue weighted by atomic mass is 9.88. The van der Waals surface area contributed by atoms with Gasteiger partial charge in [0.1, 0.15) is 12.2 Å². The maximum Gasteiger partial charge on any atom is 0.384 e. The number of alkyl halides is 16. The fourth-order valence-corrected chi connectivity index (χ4v) is 2.78. The molecular weight excluding hydrogens is 584 g/mol. The topological polar surface area (TPSA) is 43.5 Å². The van der Waals surface area contributed by atoms with Crippen LogP contribution in [0.4, 0.5) is 70.2 Å². The van der Waals surface area contributed by atoms with Crippen molar-refractivity contribution in [2.45, 2.75) is 79.0 Å². The second kappa shape index (κ2) is 10.6. The van der Waals surface area contributed by atoms with Gasteiger partial charge in [-0.15, -0.1) is 0 Å². The van der Waals surface area contributed by atoms with Crippen molar-refractivity contribution in [3.63, 3.8) is 0 Å². The van der Waals surface area contributed by atoms with Crippen LogP contribution in [0.2, 0.25) is 0 Å². The zero-order valence-electron chi connectivity index (χ0n) is 18.4. The van der Waals surface area contributed by atoms with E-state index in [1.54, 1.807) is 0 Å². The fourth-order valence-electron chi connectivity index (χ4n) is 2.78. The molecule has 3 atom stereocenters. The minimum absolute atomic E-state index is 0.141. The number of hydrogen-bond acceptors (Lipinski definition) is 4. The largest absolute Gasteiger partial charge is 0.384 e. The van der Waals surface area contributed by atoms with Crippen molar-refractivity contribution in [1.29, 1.82) is 0 Å². The molecule has 2 fully saturated rings. The molecule has 0 aromatic rings. The van der Waals surface area contributed by atoms with Crippen molar-refractivity contribution < 1.29 is 89.2 Å². The molecule has 20 heteroatoms. The van der Waals surface area contributed by atoms with Crippen LogP contribution >= 0.6 is 0 Å². The first-order valence-electron chi connectivity index (χ1n) is 10.3. The van der Waals surface area contributed by atoms with E-state index in [0.717, 1.165) is 0 Å². The van der Waals surface area contributed by atoms with Crippen LogP contribution in [0.1, 0.15) is 12.8 Å². The quantitative estimate of drug-likeness (QED) is 0.159. The Labute approximate surface area is 202 Å². The summed E-state index contributed by atoms with van der Waals surface area (Å²) in [6, 6.07) is 0. The van der Waals surface area contributed by atoms with Gasteiger partial charge in [-0.05, 0) is 6.42 Å². The second-order valence-corrected chi connectivity index (χ2v) is 8.44. The Morgan fingerprint density at radius 1 is 0.632 bits per heavy atom. The Kier molecular flexibility index (Phi) is 9.19. The number of rotatable bonds is 17. The first-order valence-corrected chi connectivity index (χ1v) is 10.3. The van der Waals surface area contributed by atoms with Gasteiger partial charge in [0.15, 0.2) is 0 Å². The molecule has 4 nitrogen and oxygen atoms in total. The fraction of sp³-hybridized carbons (Fsp3) is 1.00. The summed E-state index contributed by atoms with van der Waals surface area (Å²) >= 11 is 0. The molecule has 0 aliphatic carbocycles. The standard InChI is InChI=1S/C18H18F16O4/c19-11(20)13(23,24)15(27,28)17(31,32)18(33,34)16(29,30)14(25,26)12(21,22)2-1-8(36-6-10-7-38-10)3-35-4-9-5-37-9/h8-11H,1-7H2. The summed E-state index contributed by atoms with van der Waals surface area (Å²) < 4.78 is 234. The van der Waals surface area contributed by atoms with Crippen LogP contribution in [0.25, 0.3) is 0 Å². The molecule has 226 valence electrons. The summed E-state index contributed by atoms with van der Waals surface area (Å²) in [5.74, 6) is -54.5. The van der Waals surface area contributed by atoms with E-state index in [4.69, 9.17) is 18.9 Å². The van der Waals surface area contributed by atoms with E-state index in [-0.39, 0.29) is 26.4 Å². The average Bonchev–Trinajstić information content (AvgIpc) is 3.69. The van der Waals surface area contributed by atoms with Gasteiger partial charge in [-0.1, -0.05) is 0 Å². The molecule has 0 spiro atoms. The summed E-state index contributed by atoms with van der Waals surface area (Å²) in [6.45, 7) is -0.759. The van der Waals surface area contributed by atoms with Crippen LogP contribution in [0.15, 0.2) is 0 Å². The number of ether oxygens (including phenoxy) is 4. The molecule has 0 bridgehead atoms. The van der Waals surface area contributed by atoms with E-state index < -0.39 is 85.6 Å². The molecule has 0 saturated carbocycles. The lowest BCUT2D eigenvalue weighted by Gasteiger charge is -2.42. The highest BCUT2D eigenvalue weighted by molar-refractivity contribution is 5.14. The van der Waals surface area contributed by atoms with Crippen LogP contribution in [0.3, 0.4) is 0 Å². The Morgan fingerprint density at radius 2 is 1.05 bits per heavy atom. The monoisotopic (exact) mass is 602 g/mol. The number of epoxide rings is 2. The number of hydrogen-bond donors (Lipinski definition) is 0. The van der Waals surface area contributed by atoms with E-state index in [1.165, 1.54) is 0 Å². The summed E-state index contributed by atoms with van der Waals surface area (Å²) in [7, 11) is 0. The van der Waals surface area contributed by atoms with E-state index >= 15 is 0 Å². The van der Waals surface area contributed by atoms with Gasteiger partial charge in [0.2, 0.25) is 0 Å². The Morgan fingerprint density at radius 3 is 1.50 bits per heavy atom. The van der Waals surface area contributed by atoms with Gasteiger partial charge < -0.3 is 18.9 Å². The highest BCUT2D eigenvalue weighted by Gasteiger charge is 2.93. The van der Waals surface area contributed by atoms with Gasteiger partial charge in [-0.25, -0.2) is 8.78 Å².